The maximum atomic E-state index is 6.09. The summed E-state index contributed by atoms with van der Waals surface area (Å²) in [5.41, 5.74) is 6.09. The molecule has 0 spiro atoms. The summed E-state index contributed by atoms with van der Waals surface area (Å²) >= 11 is 5.83. The normalized spacial score (nSPS) is 25.8. The second kappa shape index (κ2) is 5.02. The first kappa shape index (κ1) is 11.7. The molecule has 0 aliphatic carbocycles. The number of nitrogens with two attached hydrogens (primary N) is 1. The van der Waals surface area contributed by atoms with Gasteiger partial charge in [0.05, 0.1) is 5.02 Å². The van der Waals surface area contributed by atoms with Gasteiger partial charge in [-0.25, -0.2) is 4.98 Å². The molecule has 4 heteroatoms. The van der Waals surface area contributed by atoms with Crippen LogP contribution in [0, 0.1) is 5.92 Å². The Labute approximate surface area is 102 Å². The van der Waals surface area contributed by atoms with E-state index < -0.39 is 0 Å². The highest BCUT2D eigenvalue weighted by Crippen LogP contribution is 2.23. The predicted molar refractivity (Wildman–Crippen MR) is 67.8 cm³/mol. The molecule has 2 heterocycles. The minimum absolute atomic E-state index is 0.341. The van der Waals surface area contributed by atoms with Crippen LogP contribution in [0.25, 0.3) is 0 Å². The fourth-order valence-electron chi connectivity index (χ4n) is 2.25. The number of hydrogen-bond acceptors (Lipinski definition) is 3. The maximum absolute atomic E-state index is 6.09. The summed E-state index contributed by atoms with van der Waals surface area (Å²) in [6, 6.07) is 4.21. The van der Waals surface area contributed by atoms with E-state index in [9.17, 15) is 0 Å². The summed E-state index contributed by atoms with van der Waals surface area (Å²) in [5.74, 6) is 1.58. The van der Waals surface area contributed by atoms with Crippen molar-refractivity contribution in [3.05, 3.63) is 23.4 Å². The molecular formula is C12H18ClN3. The Morgan fingerprint density at radius 1 is 1.56 bits per heavy atom. The number of aromatic nitrogens is 1. The minimum Gasteiger partial charge on any atom is -0.356 e. The summed E-state index contributed by atoms with van der Waals surface area (Å²) in [5, 5.41) is 0.685. The molecule has 0 aromatic carbocycles. The van der Waals surface area contributed by atoms with Crippen molar-refractivity contribution in [3.8, 4) is 0 Å². The topological polar surface area (TPSA) is 42.2 Å². The Hall–Kier alpha value is -0.800. The molecule has 0 amide bonds. The van der Waals surface area contributed by atoms with Crippen LogP contribution in [-0.4, -0.2) is 24.1 Å². The lowest BCUT2D eigenvalue weighted by Gasteiger charge is -2.37. The van der Waals surface area contributed by atoms with E-state index in [0.29, 0.717) is 17.0 Å². The van der Waals surface area contributed by atoms with Gasteiger partial charge in [0.15, 0.2) is 0 Å². The van der Waals surface area contributed by atoms with Crippen LogP contribution in [-0.2, 0) is 0 Å². The van der Waals surface area contributed by atoms with Crippen molar-refractivity contribution in [2.75, 3.05) is 18.0 Å². The van der Waals surface area contributed by atoms with Gasteiger partial charge in [0.1, 0.15) is 5.82 Å². The van der Waals surface area contributed by atoms with Gasteiger partial charge in [-0.05, 0) is 24.5 Å². The Bertz CT molecular complexity index is 339. The summed E-state index contributed by atoms with van der Waals surface area (Å²) in [4.78, 5) is 6.65. The van der Waals surface area contributed by atoms with Crippen LogP contribution in [0.15, 0.2) is 18.3 Å². The maximum Gasteiger partial charge on any atom is 0.128 e. The van der Waals surface area contributed by atoms with Crippen molar-refractivity contribution < 1.29 is 0 Å². The van der Waals surface area contributed by atoms with Gasteiger partial charge in [0, 0.05) is 25.3 Å². The van der Waals surface area contributed by atoms with Gasteiger partial charge in [0.25, 0.3) is 0 Å². The fraction of sp³-hybridized carbons (Fsp3) is 0.583. The average Bonchev–Trinajstić information content (AvgIpc) is 2.31. The molecule has 1 aromatic heterocycles. The van der Waals surface area contributed by atoms with Gasteiger partial charge in [-0.2, -0.15) is 0 Å². The molecular weight excluding hydrogens is 222 g/mol. The molecule has 16 heavy (non-hydrogen) atoms. The van der Waals surface area contributed by atoms with Crippen LogP contribution in [0.4, 0.5) is 5.82 Å². The molecule has 0 radical (unpaired) electrons. The third kappa shape index (κ3) is 2.47. The zero-order valence-electron chi connectivity index (χ0n) is 9.56. The average molecular weight is 240 g/mol. The number of halogens is 1. The molecule has 1 aromatic rings. The summed E-state index contributed by atoms with van der Waals surface area (Å²) < 4.78 is 0. The summed E-state index contributed by atoms with van der Waals surface area (Å²) in [6.45, 7) is 4.20. The molecule has 1 aliphatic rings. The molecule has 2 atom stereocenters. The Kier molecular flexibility index (Phi) is 3.66. The molecule has 0 bridgehead atoms. The van der Waals surface area contributed by atoms with E-state index in [2.05, 4.69) is 16.8 Å². The number of rotatable bonds is 2. The van der Waals surface area contributed by atoms with E-state index in [1.807, 2.05) is 12.1 Å². The highest BCUT2D eigenvalue weighted by Gasteiger charge is 2.25. The molecule has 1 aliphatic heterocycles. The van der Waals surface area contributed by atoms with Gasteiger partial charge in [0.2, 0.25) is 0 Å². The van der Waals surface area contributed by atoms with Gasteiger partial charge in [-0.1, -0.05) is 24.9 Å². The second-order valence-corrected chi connectivity index (χ2v) is 4.84. The fourth-order valence-corrected chi connectivity index (χ4v) is 2.36. The molecule has 2 rings (SSSR count). The third-order valence-electron chi connectivity index (χ3n) is 3.35. The lowest BCUT2D eigenvalue weighted by Crippen LogP contribution is -2.47. The zero-order chi connectivity index (χ0) is 11.5. The van der Waals surface area contributed by atoms with Crippen molar-refractivity contribution in [2.24, 2.45) is 11.7 Å². The molecule has 1 saturated heterocycles. The number of hydrogen-bond donors (Lipinski definition) is 1. The lowest BCUT2D eigenvalue weighted by molar-refractivity contribution is 0.347. The molecule has 2 unspecified atom stereocenters. The van der Waals surface area contributed by atoms with Crippen LogP contribution in [0.3, 0.4) is 0 Å². The van der Waals surface area contributed by atoms with E-state index in [-0.39, 0.29) is 0 Å². The van der Waals surface area contributed by atoms with E-state index in [4.69, 9.17) is 17.3 Å². The zero-order valence-corrected chi connectivity index (χ0v) is 10.3. The van der Waals surface area contributed by atoms with Gasteiger partial charge >= 0.3 is 0 Å². The first-order chi connectivity index (χ1) is 7.70. The third-order valence-corrected chi connectivity index (χ3v) is 3.58. The van der Waals surface area contributed by atoms with Gasteiger partial charge in [-0.3, -0.25) is 0 Å². The highest BCUT2D eigenvalue weighted by atomic mass is 35.5. The quantitative estimate of drug-likeness (QED) is 0.861. The van der Waals surface area contributed by atoms with Crippen LogP contribution < -0.4 is 10.6 Å². The van der Waals surface area contributed by atoms with Crippen LogP contribution in [0.1, 0.15) is 19.8 Å². The Morgan fingerprint density at radius 2 is 2.38 bits per heavy atom. The van der Waals surface area contributed by atoms with Crippen LogP contribution >= 0.6 is 11.6 Å². The number of piperidine rings is 1. The molecule has 0 saturated carbocycles. The highest BCUT2D eigenvalue weighted by molar-refractivity contribution is 6.30. The van der Waals surface area contributed by atoms with Crippen LogP contribution in [0.5, 0.6) is 0 Å². The lowest BCUT2D eigenvalue weighted by atomic mass is 9.91. The monoisotopic (exact) mass is 239 g/mol. The van der Waals surface area contributed by atoms with E-state index in [1.54, 1.807) is 6.20 Å². The van der Waals surface area contributed by atoms with Crippen LogP contribution in [0.2, 0.25) is 5.02 Å². The molecule has 3 nitrogen and oxygen atoms in total. The summed E-state index contributed by atoms with van der Waals surface area (Å²) in [7, 11) is 0. The number of anilines is 1. The van der Waals surface area contributed by atoms with Gasteiger partial charge < -0.3 is 10.6 Å². The van der Waals surface area contributed by atoms with Crippen molar-refractivity contribution in [3.63, 3.8) is 0 Å². The summed E-state index contributed by atoms with van der Waals surface area (Å²) in [6.07, 6.45) is 3.88. The first-order valence-corrected chi connectivity index (χ1v) is 6.20. The SMILES string of the molecule is CCC1CN(c2ccc(Cl)cn2)CCC1N. The van der Waals surface area contributed by atoms with E-state index in [1.165, 1.54) is 0 Å². The number of pyridine rings is 1. The predicted octanol–water partition coefficient (Wildman–Crippen LogP) is 2.30. The van der Waals surface area contributed by atoms with Gasteiger partial charge in [-0.15, -0.1) is 0 Å². The molecule has 1 fully saturated rings. The standard InChI is InChI=1S/C12H18ClN3/c1-2-9-8-16(6-5-11(9)14)12-4-3-10(13)7-15-12/h3-4,7,9,11H,2,5-6,8,14H2,1H3. The first-order valence-electron chi connectivity index (χ1n) is 5.82. The van der Waals surface area contributed by atoms with Crippen molar-refractivity contribution >= 4 is 17.4 Å². The largest absolute Gasteiger partial charge is 0.356 e. The second-order valence-electron chi connectivity index (χ2n) is 4.40. The van der Waals surface area contributed by atoms with Crippen molar-refractivity contribution in [1.29, 1.82) is 0 Å². The van der Waals surface area contributed by atoms with E-state index >= 15 is 0 Å². The minimum atomic E-state index is 0.341. The van der Waals surface area contributed by atoms with E-state index in [0.717, 1.165) is 31.7 Å². The molecule has 2 N–H and O–H groups in total. The smallest absolute Gasteiger partial charge is 0.128 e. The van der Waals surface area contributed by atoms with Crippen molar-refractivity contribution in [2.45, 2.75) is 25.8 Å². The Balaban J connectivity index is 2.08. The molecule has 88 valence electrons. The van der Waals surface area contributed by atoms with Crippen molar-refractivity contribution in [1.82, 2.24) is 4.98 Å². The Morgan fingerprint density at radius 3 is 3.00 bits per heavy atom. The number of nitrogens with zero attached hydrogens (tertiary/aromatic N) is 2.